The number of nitrogens with two attached hydrogens (primary N) is 1. The molecular weight excluding hydrogens is 401 g/mol. The Morgan fingerprint density at radius 1 is 1.39 bits per heavy atom. The fourth-order valence-electron chi connectivity index (χ4n) is 4.15. The van der Waals surface area contributed by atoms with Crippen LogP contribution >= 0.6 is 23.4 Å². The van der Waals surface area contributed by atoms with E-state index in [0.717, 1.165) is 30.8 Å². The number of aliphatic imine (C=N–C) groups is 1. The molecule has 2 saturated heterocycles. The van der Waals surface area contributed by atoms with Gasteiger partial charge in [0.1, 0.15) is 5.82 Å². The summed E-state index contributed by atoms with van der Waals surface area (Å²) in [6.45, 7) is 4.22. The van der Waals surface area contributed by atoms with Crippen LogP contribution in [0.2, 0.25) is 5.02 Å². The van der Waals surface area contributed by atoms with Gasteiger partial charge in [-0.25, -0.2) is 9.38 Å². The van der Waals surface area contributed by atoms with Crippen molar-refractivity contribution in [1.82, 2.24) is 4.90 Å². The van der Waals surface area contributed by atoms with E-state index in [1.54, 1.807) is 18.3 Å². The monoisotopic (exact) mass is 423 g/mol. The molecule has 0 saturated carbocycles. The Morgan fingerprint density at radius 2 is 2.14 bits per heavy atom. The Balaban J connectivity index is 1.44. The van der Waals surface area contributed by atoms with Crippen molar-refractivity contribution in [3.05, 3.63) is 40.1 Å². The van der Waals surface area contributed by atoms with Crippen molar-refractivity contribution in [3.63, 3.8) is 0 Å². The van der Waals surface area contributed by atoms with Crippen molar-refractivity contribution in [1.29, 1.82) is 0 Å². The van der Waals surface area contributed by atoms with E-state index in [1.165, 1.54) is 17.8 Å². The first-order valence-corrected chi connectivity index (χ1v) is 10.6. The van der Waals surface area contributed by atoms with Crippen LogP contribution in [0.15, 0.2) is 39.2 Å². The zero-order chi connectivity index (χ0) is 19.9. The smallest absolute Gasteiger partial charge is 0.202 e. The topological polar surface area (TPSA) is 67.9 Å². The van der Waals surface area contributed by atoms with Crippen LogP contribution in [-0.2, 0) is 9.53 Å². The SMILES string of the molecule is C[C@@H]1OCC2(CCN(C3=NC=C(Sc4cccc(F)c4Cl)CC3=O)CC2)[C@@H]1N. The van der Waals surface area contributed by atoms with Gasteiger partial charge in [0.05, 0.1) is 17.7 Å². The molecular formula is C20H23ClFN3O2S. The molecule has 3 aliphatic rings. The maximum absolute atomic E-state index is 13.6. The number of rotatable bonds is 2. The third-order valence-electron chi connectivity index (χ3n) is 5.98. The minimum Gasteiger partial charge on any atom is -0.376 e. The number of nitrogens with zero attached hydrogens (tertiary/aromatic N) is 2. The number of hydrogen-bond donors (Lipinski definition) is 1. The van der Waals surface area contributed by atoms with Crippen molar-refractivity contribution in [2.45, 2.75) is 43.2 Å². The first-order chi connectivity index (χ1) is 13.4. The van der Waals surface area contributed by atoms with Crippen LogP contribution in [0.1, 0.15) is 26.2 Å². The molecule has 0 aliphatic carbocycles. The lowest BCUT2D eigenvalue weighted by molar-refractivity contribution is -0.113. The highest BCUT2D eigenvalue weighted by Crippen LogP contribution is 2.42. The summed E-state index contributed by atoms with van der Waals surface area (Å²) in [7, 11) is 0. The van der Waals surface area contributed by atoms with Gasteiger partial charge in [0, 0.05) is 47.0 Å². The zero-order valence-electron chi connectivity index (χ0n) is 15.7. The van der Waals surface area contributed by atoms with E-state index in [9.17, 15) is 9.18 Å². The molecule has 2 N–H and O–H groups in total. The van der Waals surface area contributed by atoms with Crippen LogP contribution in [-0.4, -0.2) is 48.4 Å². The Kier molecular flexibility index (Phi) is 5.53. The lowest BCUT2D eigenvalue weighted by Crippen LogP contribution is -2.52. The molecule has 1 spiro atoms. The third-order valence-corrected chi connectivity index (χ3v) is 7.55. The van der Waals surface area contributed by atoms with Gasteiger partial charge in [-0.15, -0.1) is 0 Å². The Morgan fingerprint density at radius 3 is 2.79 bits per heavy atom. The molecule has 5 nitrogen and oxygen atoms in total. The van der Waals surface area contributed by atoms with Gasteiger partial charge in [-0.1, -0.05) is 29.4 Å². The summed E-state index contributed by atoms with van der Waals surface area (Å²) in [5.41, 5.74) is 6.38. The second kappa shape index (κ2) is 7.78. The third kappa shape index (κ3) is 3.61. The quantitative estimate of drug-likeness (QED) is 0.786. The number of hydrogen-bond acceptors (Lipinski definition) is 6. The predicted octanol–water partition coefficient (Wildman–Crippen LogP) is 3.61. The van der Waals surface area contributed by atoms with Crippen molar-refractivity contribution in [2.75, 3.05) is 19.7 Å². The number of benzene rings is 1. The van der Waals surface area contributed by atoms with Gasteiger partial charge in [0.2, 0.25) is 5.78 Å². The first-order valence-electron chi connectivity index (χ1n) is 9.44. The van der Waals surface area contributed by atoms with Gasteiger partial charge >= 0.3 is 0 Å². The van der Waals surface area contributed by atoms with Gasteiger partial charge < -0.3 is 15.4 Å². The molecule has 0 bridgehead atoms. The highest BCUT2D eigenvalue weighted by molar-refractivity contribution is 8.03. The van der Waals surface area contributed by atoms with E-state index in [4.69, 9.17) is 22.1 Å². The Hall–Kier alpha value is -1.41. The minimum atomic E-state index is -0.468. The number of amidine groups is 1. The molecule has 3 aliphatic heterocycles. The first kappa shape index (κ1) is 19.9. The van der Waals surface area contributed by atoms with Gasteiger partial charge in [0.25, 0.3) is 0 Å². The van der Waals surface area contributed by atoms with Gasteiger partial charge in [0.15, 0.2) is 5.84 Å². The van der Waals surface area contributed by atoms with Crippen LogP contribution in [0.25, 0.3) is 0 Å². The molecule has 1 aromatic rings. The van der Waals surface area contributed by atoms with E-state index < -0.39 is 5.82 Å². The molecule has 0 aromatic heterocycles. The lowest BCUT2D eigenvalue weighted by atomic mass is 9.73. The number of carbonyl (C=O) groups is 1. The van der Waals surface area contributed by atoms with Crippen molar-refractivity contribution in [3.8, 4) is 0 Å². The fraction of sp³-hybridized carbons (Fsp3) is 0.500. The molecule has 1 aromatic carbocycles. The number of thioether (sulfide) groups is 1. The molecule has 3 heterocycles. The lowest BCUT2D eigenvalue weighted by Gasteiger charge is -2.42. The summed E-state index contributed by atoms with van der Waals surface area (Å²) in [6.07, 6.45) is 3.82. The molecule has 0 radical (unpaired) electrons. The number of piperidine rings is 1. The summed E-state index contributed by atoms with van der Waals surface area (Å²) in [5, 5.41) is 0.0707. The normalized spacial score (nSPS) is 27.1. The number of carbonyl (C=O) groups excluding carboxylic acids is 1. The average Bonchev–Trinajstić information content (AvgIpc) is 2.95. The van der Waals surface area contributed by atoms with Crippen LogP contribution in [0.3, 0.4) is 0 Å². The summed E-state index contributed by atoms with van der Waals surface area (Å²) < 4.78 is 19.4. The summed E-state index contributed by atoms with van der Waals surface area (Å²) >= 11 is 7.29. The minimum absolute atomic E-state index is 0.0131. The van der Waals surface area contributed by atoms with E-state index in [-0.39, 0.29) is 34.8 Å². The van der Waals surface area contributed by atoms with E-state index in [0.29, 0.717) is 17.3 Å². The van der Waals surface area contributed by atoms with Gasteiger partial charge in [-0.05, 0) is 31.9 Å². The molecule has 4 rings (SSSR count). The zero-order valence-corrected chi connectivity index (χ0v) is 17.2. The predicted molar refractivity (Wildman–Crippen MR) is 109 cm³/mol. The number of ether oxygens (including phenoxy) is 1. The maximum atomic E-state index is 13.6. The van der Waals surface area contributed by atoms with Crippen molar-refractivity contribution < 1.29 is 13.9 Å². The van der Waals surface area contributed by atoms with E-state index in [2.05, 4.69) is 9.89 Å². The number of ketones is 1. The van der Waals surface area contributed by atoms with Crippen molar-refractivity contribution >= 4 is 35.0 Å². The van der Waals surface area contributed by atoms with E-state index >= 15 is 0 Å². The standard InChI is InChI=1S/C20H23ClFN3O2S/c1-12-18(23)20(11-27-12)5-7-25(8-6-20)19-15(26)9-13(10-24-19)28-16-4-2-3-14(22)17(16)21/h2-4,10,12,18H,5-9,11,23H2,1H3/t12-,18+/m0/s1. The number of likely N-dealkylation sites (tertiary alicyclic amines) is 1. The highest BCUT2D eigenvalue weighted by Gasteiger charge is 2.48. The molecule has 150 valence electrons. The molecule has 2 fully saturated rings. The number of Topliss-reactive ketones (excluding diaryl/α,β-unsaturated/α-hetero) is 1. The highest BCUT2D eigenvalue weighted by atomic mass is 35.5. The molecule has 0 unspecified atom stereocenters. The number of halogens is 2. The summed E-state index contributed by atoms with van der Waals surface area (Å²) in [6, 6.07) is 4.69. The van der Waals surface area contributed by atoms with E-state index in [1.807, 2.05) is 6.92 Å². The summed E-state index contributed by atoms with van der Waals surface area (Å²) in [5.74, 6) is 0.0168. The fourth-order valence-corrected chi connectivity index (χ4v) is 5.32. The van der Waals surface area contributed by atoms with Crippen LogP contribution < -0.4 is 5.73 Å². The van der Waals surface area contributed by atoms with Crippen LogP contribution in [0.5, 0.6) is 0 Å². The second-order valence-corrected chi connectivity index (χ2v) is 9.24. The largest absolute Gasteiger partial charge is 0.376 e. The Labute approximate surface area is 173 Å². The molecule has 28 heavy (non-hydrogen) atoms. The summed E-state index contributed by atoms with van der Waals surface area (Å²) in [4.78, 5) is 20.5. The molecule has 8 heteroatoms. The number of allylic oxidation sites excluding steroid dienone is 1. The van der Waals surface area contributed by atoms with Gasteiger partial charge in [-0.3, -0.25) is 4.79 Å². The van der Waals surface area contributed by atoms with Crippen LogP contribution in [0.4, 0.5) is 4.39 Å². The second-order valence-electron chi connectivity index (χ2n) is 7.69. The van der Waals surface area contributed by atoms with Crippen molar-refractivity contribution in [2.24, 2.45) is 16.1 Å². The van der Waals surface area contributed by atoms with Gasteiger partial charge in [-0.2, -0.15) is 0 Å². The maximum Gasteiger partial charge on any atom is 0.202 e. The van der Waals surface area contributed by atoms with Crippen LogP contribution in [0, 0.1) is 11.2 Å². The molecule has 0 amide bonds. The average molecular weight is 424 g/mol. The Bertz CT molecular complexity index is 852. The molecule has 2 atom stereocenters.